The SMILES string of the molecule is Cc1ccccc1-c1cc(N2CCC[C@H]2C=O)ncc1N(C)C(=O)C(C)(C)c1cc(C(F)(F)F)cc(C(F)(F)F)c1. The third kappa shape index (κ3) is 5.94. The molecule has 4 rings (SSSR count). The van der Waals surface area contributed by atoms with Crippen molar-refractivity contribution in [2.24, 2.45) is 0 Å². The predicted octanol–water partition coefficient (Wildman–Crippen LogP) is 7.20. The molecule has 1 aliphatic rings. The van der Waals surface area contributed by atoms with Crippen LogP contribution in [0.1, 0.15) is 48.9 Å². The quantitative estimate of drug-likeness (QED) is 0.230. The molecule has 3 aromatic rings. The highest BCUT2D eigenvalue weighted by Gasteiger charge is 2.41. The maximum Gasteiger partial charge on any atom is 0.416 e. The Morgan fingerprint density at radius 3 is 2.10 bits per heavy atom. The summed E-state index contributed by atoms with van der Waals surface area (Å²) in [5, 5.41) is 0. The number of carbonyl (C=O) groups is 2. The van der Waals surface area contributed by atoms with Crippen molar-refractivity contribution in [2.45, 2.75) is 57.4 Å². The highest BCUT2D eigenvalue weighted by atomic mass is 19.4. The van der Waals surface area contributed by atoms with E-state index in [2.05, 4.69) is 4.98 Å². The summed E-state index contributed by atoms with van der Waals surface area (Å²) >= 11 is 0. The van der Waals surface area contributed by atoms with Gasteiger partial charge in [0.1, 0.15) is 12.1 Å². The van der Waals surface area contributed by atoms with Gasteiger partial charge in [0, 0.05) is 19.2 Å². The van der Waals surface area contributed by atoms with Crippen molar-refractivity contribution in [2.75, 3.05) is 23.4 Å². The number of rotatable bonds is 6. The van der Waals surface area contributed by atoms with Crippen molar-refractivity contribution in [1.82, 2.24) is 4.98 Å². The Bertz CT molecular complexity index is 1430. The van der Waals surface area contributed by atoms with E-state index in [1.807, 2.05) is 36.1 Å². The van der Waals surface area contributed by atoms with Gasteiger partial charge in [-0.1, -0.05) is 24.3 Å². The summed E-state index contributed by atoms with van der Waals surface area (Å²) in [5.41, 5.74) is -2.68. The summed E-state index contributed by atoms with van der Waals surface area (Å²) in [5.74, 6) is -0.212. The normalized spacial score (nSPS) is 16.1. The topological polar surface area (TPSA) is 53.5 Å². The van der Waals surface area contributed by atoms with Crippen LogP contribution in [0.15, 0.2) is 54.7 Å². The molecular formula is C30H29F6N3O2. The van der Waals surface area contributed by atoms with Gasteiger partial charge in [-0.3, -0.25) is 4.79 Å². The van der Waals surface area contributed by atoms with Crippen LogP contribution >= 0.6 is 0 Å². The molecule has 0 saturated carbocycles. The fourth-order valence-electron chi connectivity index (χ4n) is 5.14. The predicted molar refractivity (Wildman–Crippen MR) is 144 cm³/mol. The van der Waals surface area contributed by atoms with Crippen LogP contribution in [0.4, 0.5) is 37.8 Å². The number of carbonyl (C=O) groups excluding carboxylic acids is 2. The molecule has 0 bridgehead atoms. The smallest absolute Gasteiger partial charge is 0.347 e. The van der Waals surface area contributed by atoms with Gasteiger partial charge in [0.05, 0.1) is 34.5 Å². The second kappa shape index (κ2) is 10.8. The Labute approximate surface area is 233 Å². The Morgan fingerprint density at radius 1 is 0.951 bits per heavy atom. The van der Waals surface area contributed by atoms with Crippen LogP contribution in [0.3, 0.4) is 0 Å². The minimum Gasteiger partial charge on any atom is -0.347 e. The number of hydrogen-bond donors (Lipinski definition) is 0. The summed E-state index contributed by atoms with van der Waals surface area (Å²) in [6.45, 7) is 5.06. The maximum absolute atomic E-state index is 13.9. The Morgan fingerprint density at radius 2 is 1.54 bits per heavy atom. The highest BCUT2D eigenvalue weighted by Crippen LogP contribution is 2.41. The molecule has 0 unspecified atom stereocenters. The minimum absolute atomic E-state index is 0.0393. The summed E-state index contributed by atoms with van der Waals surface area (Å²) in [7, 11) is 1.41. The van der Waals surface area contributed by atoms with E-state index in [1.54, 1.807) is 6.07 Å². The number of hydrogen-bond acceptors (Lipinski definition) is 4. The average Bonchev–Trinajstić information content (AvgIpc) is 3.40. The van der Waals surface area contributed by atoms with Gasteiger partial charge < -0.3 is 14.6 Å². The van der Waals surface area contributed by atoms with E-state index in [-0.39, 0.29) is 12.1 Å². The molecule has 11 heteroatoms. The zero-order valence-corrected chi connectivity index (χ0v) is 22.9. The van der Waals surface area contributed by atoms with Gasteiger partial charge in [0.15, 0.2) is 0 Å². The molecule has 218 valence electrons. The second-order valence-corrected chi connectivity index (χ2v) is 10.7. The van der Waals surface area contributed by atoms with Gasteiger partial charge >= 0.3 is 12.4 Å². The minimum atomic E-state index is -5.05. The van der Waals surface area contributed by atoms with Crippen LogP contribution < -0.4 is 9.80 Å². The summed E-state index contributed by atoms with van der Waals surface area (Å²) in [4.78, 5) is 33.1. The van der Waals surface area contributed by atoms with E-state index >= 15 is 0 Å². The third-order valence-electron chi connectivity index (χ3n) is 7.56. The van der Waals surface area contributed by atoms with Crippen molar-refractivity contribution < 1.29 is 35.9 Å². The number of halogens is 6. The number of aldehydes is 1. The first-order valence-corrected chi connectivity index (χ1v) is 12.9. The van der Waals surface area contributed by atoms with Gasteiger partial charge in [-0.2, -0.15) is 26.3 Å². The van der Waals surface area contributed by atoms with Crippen LogP contribution in [0.2, 0.25) is 0 Å². The fraction of sp³-hybridized carbons (Fsp3) is 0.367. The Balaban J connectivity index is 1.82. The summed E-state index contributed by atoms with van der Waals surface area (Å²) in [6.07, 6.45) is -6.31. The lowest BCUT2D eigenvalue weighted by Crippen LogP contribution is -2.42. The van der Waals surface area contributed by atoms with Gasteiger partial charge in [-0.05, 0) is 74.6 Å². The molecule has 0 spiro atoms. The van der Waals surface area contributed by atoms with Gasteiger partial charge in [0.25, 0.3) is 0 Å². The van der Waals surface area contributed by atoms with Crippen molar-refractivity contribution in [3.05, 3.63) is 77.0 Å². The molecule has 1 saturated heterocycles. The molecule has 2 heterocycles. The lowest BCUT2D eigenvalue weighted by molar-refractivity contribution is -0.143. The van der Waals surface area contributed by atoms with Gasteiger partial charge in [-0.25, -0.2) is 4.98 Å². The van der Waals surface area contributed by atoms with Crippen LogP contribution in [0.5, 0.6) is 0 Å². The molecule has 2 aromatic carbocycles. The average molecular weight is 578 g/mol. The molecule has 5 nitrogen and oxygen atoms in total. The van der Waals surface area contributed by atoms with E-state index < -0.39 is 40.4 Å². The number of likely N-dealkylation sites (N-methyl/N-ethyl adjacent to an activating group) is 1. The molecule has 1 atom stereocenters. The summed E-state index contributed by atoms with van der Waals surface area (Å²) in [6, 6.07) is 9.97. The van der Waals surface area contributed by atoms with E-state index in [0.29, 0.717) is 42.2 Å². The number of nitrogens with zero attached hydrogens (tertiary/aromatic N) is 3. The molecule has 1 amide bonds. The molecule has 0 N–H and O–H groups in total. The number of anilines is 2. The van der Waals surface area contributed by atoms with Crippen LogP contribution in [-0.4, -0.2) is 36.8 Å². The largest absolute Gasteiger partial charge is 0.416 e. The molecule has 1 aliphatic heterocycles. The fourth-order valence-corrected chi connectivity index (χ4v) is 5.14. The highest BCUT2D eigenvalue weighted by molar-refractivity contribution is 6.03. The van der Waals surface area contributed by atoms with Gasteiger partial charge in [0.2, 0.25) is 5.91 Å². The van der Waals surface area contributed by atoms with Crippen molar-refractivity contribution in [1.29, 1.82) is 0 Å². The van der Waals surface area contributed by atoms with Crippen molar-refractivity contribution in [3.63, 3.8) is 0 Å². The third-order valence-corrected chi connectivity index (χ3v) is 7.56. The standard InChI is InChI=1S/C30H29F6N3O2/c1-18-8-5-6-10-23(18)24-15-26(39-11-7-9-22(39)17-40)37-16-25(24)38(4)27(41)28(2,3)19-12-20(29(31,32)33)14-21(13-19)30(34,35)36/h5-6,8,10,12-17,22H,7,9,11H2,1-4H3/t22-/m0/s1. The molecule has 1 fully saturated rings. The maximum atomic E-state index is 13.9. The molecule has 0 aliphatic carbocycles. The summed E-state index contributed by atoms with van der Waals surface area (Å²) < 4.78 is 81.3. The van der Waals surface area contributed by atoms with Gasteiger partial charge in [-0.15, -0.1) is 0 Å². The Hall–Kier alpha value is -3.89. The lowest BCUT2D eigenvalue weighted by atomic mass is 9.81. The number of aromatic nitrogens is 1. The van der Waals surface area contributed by atoms with Crippen molar-refractivity contribution in [3.8, 4) is 11.1 Å². The molecule has 0 radical (unpaired) electrons. The number of pyridine rings is 1. The van der Waals surface area contributed by atoms with E-state index in [4.69, 9.17) is 0 Å². The number of benzene rings is 2. The molecular weight excluding hydrogens is 548 g/mol. The monoisotopic (exact) mass is 577 g/mol. The van der Waals surface area contributed by atoms with Crippen molar-refractivity contribution >= 4 is 23.7 Å². The van der Waals surface area contributed by atoms with Crippen LogP contribution in [0, 0.1) is 6.92 Å². The first kappa shape index (κ1) is 30.1. The second-order valence-electron chi connectivity index (χ2n) is 10.7. The number of alkyl halides is 6. The number of aryl methyl sites for hydroxylation is 1. The molecule has 1 aromatic heterocycles. The van der Waals surface area contributed by atoms with E-state index in [0.717, 1.165) is 23.8 Å². The zero-order valence-electron chi connectivity index (χ0n) is 22.9. The number of amides is 1. The first-order valence-electron chi connectivity index (χ1n) is 12.9. The van der Waals surface area contributed by atoms with E-state index in [9.17, 15) is 35.9 Å². The molecule has 41 heavy (non-hydrogen) atoms. The lowest BCUT2D eigenvalue weighted by Gasteiger charge is -2.32. The van der Waals surface area contributed by atoms with Crippen LogP contribution in [0.25, 0.3) is 11.1 Å². The zero-order chi connectivity index (χ0) is 30.3. The Kier molecular flexibility index (Phi) is 7.95. The first-order chi connectivity index (χ1) is 19.1. The van der Waals surface area contributed by atoms with E-state index in [1.165, 1.54) is 32.0 Å². The van der Waals surface area contributed by atoms with Crippen LogP contribution in [-0.2, 0) is 27.4 Å².